The number of alkyl halides is 1. The molecule has 0 aliphatic heterocycles. The van der Waals surface area contributed by atoms with Gasteiger partial charge in [0.2, 0.25) is 12.3 Å². The molecule has 8 heteroatoms. The first-order valence-corrected chi connectivity index (χ1v) is 5.79. The standard InChI is InChI=1S/C9H13ClN6O/c10-1-2-12-3-4-16-5-13-7-6(16)8(17)15-9(11)14-7/h5,12H,1-4H2,(H3,11,14,15,17)/p+1. The zero-order chi connectivity index (χ0) is 12.3. The van der Waals surface area contributed by atoms with Crippen molar-refractivity contribution in [1.82, 2.24) is 20.3 Å². The van der Waals surface area contributed by atoms with Crippen LogP contribution in [0.1, 0.15) is 0 Å². The van der Waals surface area contributed by atoms with E-state index in [0.717, 1.165) is 13.1 Å². The van der Waals surface area contributed by atoms with Crippen LogP contribution in [0.25, 0.3) is 11.2 Å². The van der Waals surface area contributed by atoms with Gasteiger partial charge < -0.3 is 11.1 Å². The summed E-state index contributed by atoms with van der Waals surface area (Å²) in [6.07, 6.45) is 1.70. The Labute approximate surface area is 102 Å². The van der Waals surface area contributed by atoms with E-state index in [0.29, 0.717) is 23.6 Å². The molecule has 0 spiro atoms. The number of imidazole rings is 1. The minimum absolute atomic E-state index is 0.108. The maximum atomic E-state index is 11.7. The number of anilines is 1. The van der Waals surface area contributed by atoms with Crippen molar-refractivity contribution in [3.05, 3.63) is 16.7 Å². The number of rotatable bonds is 5. The molecule has 0 radical (unpaired) electrons. The van der Waals surface area contributed by atoms with Gasteiger partial charge in [0.25, 0.3) is 11.2 Å². The molecular formula is C9H14ClN6O+. The smallest absolute Gasteiger partial charge is 0.304 e. The second kappa shape index (κ2) is 5.15. The molecule has 0 fully saturated rings. The number of nitrogen functional groups attached to an aromatic ring is 1. The number of H-pyrrole nitrogens is 2. The van der Waals surface area contributed by atoms with Crippen LogP contribution in [-0.4, -0.2) is 33.9 Å². The molecule has 5 N–H and O–H groups in total. The van der Waals surface area contributed by atoms with Crippen molar-refractivity contribution in [2.75, 3.05) is 24.7 Å². The Morgan fingerprint density at radius 2 is 2.35 bits per heavy atom. The van der Waals surface area contributed by atoms with Crippen LogP contribution in [0, 0.1) is 0 Å². The molecule has 0 saturated carbocycles. The Balaban J connectivity index is 2.21. The molecule has 2 rings (SSSR count). The average Bonchev–Trinajstić information content (AvgIpc) is 2.68. The highest BCUT2D eigenvalue weighted by atomic mass is 35.5. The van der Waals surface area contributed by atoms with Gasteiger partial charge in [0.05, 0.1) is 0 Å². The van der Waals surface area contributed by atoms with Gasteiger partial charge in [-0.3, -0.25) is 9.78 Å². The second-order valence-electron chi connectivity index (χ2n) is 3.55. The van der Waals surface area contributed by atoms with E-state index >= 15 is 0 Å². The van der Waals surface area contributed by atoms with Gasteiger partial charge in [-0.15, -0.1) is 11.6 Å². The zero-order valence-corrected chi connectivity index (χ0v) is 9.92. The van der Waals surface area contributed by atoms with Crippen LogP contribution in [0.4, 0.5) is 5.95 Å². The fourth-order valence-electron chi connectivity index (χ4n) is 1.62. The minimum atomic E-state index is -0.244. The number of nitrogens with one attached hydrogen (secondary N) is 3. The maximum absolute atomic E-state index is 11.7. The van der Waals surface area contributed by atoms with E-state index in [1.807, 2.05) is 0 Å². The molecule has 0 aliphatic rings. The summed E-state index contributed by atoms with van der Waals surface area (Å²) in [4.78, 5) is 21.1. The SMILES string of the molecule is Nc1nc2[nH]c[n+](CCNCCCl)c2c(=O)[nH]1. The lowest BCUT2D eigenvalue weighted by molar-refractivity contribution is -0.669. The van der Waals surface area contributed by atoms with Crippen LogP contribution >= 0.6 is 11.6 Å². The Morgan fingerprint density at radius 1 is 1.53 bits per heavy atom. The van der Waals surface area contributed by atoms with Crippen molar-refractivity contribution in [3.8, 4) is 0 Å². The summed E-state index contributed by atoms with van der Waals surface area (Å²) in [5.41, 5.74) is 6.19. The van der Waals surface area contributed by atoms with Crippen molar-refractivity contribution < 1.29 is 4.57 Å². The fraction of sp³-hybridized carbons (Fsp3) is 0.444. The molecule has 92 valence electrons. The van der Waals surface area contributed by atoms with Gasteiger partial charge in [-0.05, 0) is 0 Å². The quantitative estimate of drug-likeness (QED) is 0.312. The van der Waals surface area contributed by atoms with Crippen LogP contribution < -0.4 is 21.2 Å². The van der Waals surface area contributed by atoms with Crippen molar-refractivity contribution in [1.29, 1.82) is 0 Å². The Morgan fingerprint density at radius 3 is 3.12 bits per heavy atom. The average molecular weight is 258 g/mol. The third-order valence-electron chi connectivity index (χ3n) is 2.36. The first kappa shape index (κ1) is 11.9. The van der Waals surface area contributed by atoms with E-state index in [9.17, 15) is 4.79 Å². The third kappa shape index (κ3) is 2.56. The van der Waals surface area contributed by atoms with Crippen LogP contribution in [0.15, 0.2) is 11.1 Å². The number of nitrogens with zero attached hydrogens (tertiary/aromatic N) is 2. The van der Waals surface area contributed by atoms with E-state index in [2.05, 4.69) is 20.3 Å². The van der Waals surface area contributed by atoms with E-state index < -0.39 is 0 Å². The molecule has 0 aliphatic carbocycles. The summed E-state index contributed by atoms with van der Waals surface area (Å²) in [5.74, 6) is 0.675. The fourth-order valence-corrected chi connectivity index (χ4v) is 1.76. The number of aromatic amines is 2. The molecule has 0 amide bonds. The maximum Gasteiger partial charge on any atom is 0.304 e. The van der Waals surface area contributed by atoms with E-state index in [1.165, 1.54) is 0 Å². The molecule has 2 aromatic rings. The molecule has 17 heavy (non-hydrogen) atoms. The van der Waals surface area contributed by atoms with Gasteiger partial charge >= 0.3 is 5.56 Å². The predicted octanol–water partition coefficient (Wildman–Crippen LogP) is -1.05. The zero-order valence-electron chi connectivity index (χ0n) is 9.16. The van der Waals surface area contributed by atoms with Crippen molar-refractivity contribution in [2.45, 2.75) is 6.54 Å². The number of aromatic nitrogens is 4. The summed E-state index contributed by atoms with van der Waals surface area (Å²) in [6.45, 7) is 2.13. The number of hydrogen-bond donors (Lipinski definition) is 4. The van der Waals surface area contributed by atoms with Crippen LogP contribution in [0.5, 0.6) is 0 Å². The highest BCUT2D eigenvalue weighted by molar-refractivity contribution is 6.18. The van der Waals surface area contributed by atoms with E-state index in [-0.39, 0.29) is 11.5 Å². The monoisotopic (exact) mass is 257 g/mol. The van der Waals surface area contributed by atoms with Gasteiger partial charge in [0.1, 0.15) is 6.54 Å². The molecule has 2 aromatic heterocycles. The lowest BCUT2D eigenvalue weighted by Crippen LogP contribution is -2.41. The minimum Gasteiger partial charge on any atom is -0.369 e. The van der Waals surface area contributed by atoms with Crippen LogP contribution in [-0.2, 0) is 6.54 Å². The number of nitrogens with two attached hydrogens (primary N) is 1. The van der Waals surface area contributed by atoms with Gasteiger partial charge in [-0.25, -0.2) is 9.55 Å². The number of halogens is 1. The first-order chi connectivity index (χ1) is 8.22. The summed E-state index contributed by atoms with van der Waals surface area (Å²) >= 11 is 5.55. The number of hydrogen-bond acceptors (Lipinski definition) is 4. The summed E-state index contributed by atoms with van der Waals surface area (Å²) < 4.78 is 1.79. The molecule has 0 atom stereocenters. The molecule has 0 saturated heterocycles. The first-order valence-electron chi connectivity index (χ1n) is 5.25. The van der Waals surface area contributed by atoms with Crippen LogP contribution in [0.2, 0.25) is 0 Å². The number of fused-ring (bicyclic) bond motifs is 1. The molecular weight excluding hydrogens is 244 g/mol. The van der Waals surface area contributed by atoms with Crippen molar-refractivity contribution in [3.63, 3.8) is 0 Å². The predicted molar refractivity (Wildman–Crippen MR) is 64.9 cm³/mol. The highest BCUT2D eigenvalue weighted by Gasteiger charge is 2.15. The van der Waals surface area contributed by atoms with Gasteiger partial charge in [-0.1, -0.05) is 0 Å². The Bertz CT molecular complexity index is 562. The summed E-state index contributed by atoms with van der Waals surface area (Å²) in [5, 5.41) is 3.14. The summed E-state index contributed by atoms with van der Waals surface area (Å²) in [6, 6.07) is 0. The lowest BCUT2D eigenvalue weighted by atomic mass is 10.5. The van der Waals surface area contributed by atoms with E-state index in [4.69, 9.17) is 17.3 Å². The Kier molecular flexibility index (Phi) is 3.60. The topological polar surface area (TPSA) is 103 Å². The van der Waals surface area contributed by atoms with E-state index in [1.54, 1.807) is 10.9 Å². The molecule has 7 nitrogen and oxygen atoms in total. The van der Waals surface area contributed by atoms with Gasteiger partial charge in [0, 0.05) is 19.0 Å². The second-order valence-corrected chi connectivity index (χ2v) is 3.93. The molecule has 0 unspecified atom stereocenters. The van der Waals surface area contributed by atoms with Gasteiger partial charge in [-0.2, -0.15) is 4.98 Å². The third-order valence-corrected chi connectivity index (χ3v) is 2.55. The molecule has 0 aromatic carbocycles. The Hall–Kier alpha value is -1.60. The highest BCUT2D eigenvalue weighted by Crippen LogP contribution is 1.98. The van der Waals surface area contributed by atoms with Crippen molar-refractivity contribution in [2.24, 2.45) is 0 Å². The van der Waals surface area contributed by atoms with Gasteiger partial charge in [0.15, 0.2) is 0 Å². The lowest BCUT2D eigenvalue weighted by Gasteiger charge is -1.99. The van der Waals surface area contributed by atoms with Crippen molar-refractivity contribution >= 4 is 28.7 Å². The van der Waals surface area contributed by atoms with Crippen LogP contribution in [0.3, 0.4) is 0 Å². The summed E-state index contributed by atoms with van der Waals surface area (Å²) in [7, 11) is 0. The molecule has 0 bridgehead atoms. The largest absolute Gasteiger partial charge is 0.369 e. The molecule has 2 heterocycles. The normalized spacial score (nSPS) is 11.1.